The van der Waals surface area contributed by atoms with Crippen molar-refractivity contribution in [2.45, 2.75) is 6.54 Å². The van der Waals surface area contributed by atoms with Crippen LogP contribution in [0.2, 0.25) is 0 Å². The Morgan fingerprint density at radius 1 is 0.931 bits per heavy atom. The lowest BCUT2D eigenvalue weighted by Crippen LogP contribution is -2.25. The third-order valence-corrected chi connectivity index (χ3v) is 5.98. The molecule has 0 bridgehead atoms. The smallest absolute Gasteiger partial charge is 0.263 e. The van der Waals surface area contributed by atoms with Gasteiger partial charge in [0.15, 0.2) is 11.5 Å². The summed E-state index contributed by atoms with van der Waals surface area (Å²) in [6, 6.07) is 18.1. The van der Waals surface area contributed by atoms with E-state index in [1.54, 1.807) is 4.90 Å². The molecule has 0 N–H and O–H groups in total. The molecule has 1 amide bonds. The first-order chi connectivity index (χ1) is 14.0. The molecule has 0 spiro atoms. The second kappa shape index (κ2) is 8.17. The second-order valence-electron chi connectivity index (χ2n) is 7.24. The van der Waals surface area contributed by atoms with Crippen molar-refractivity contribution in [3.05, 3.63) is 65.0 Å². The minimum Gasteiger partial charge on any atom is -0.486 e. The Morgan fingerprint density at radius 2 is 1.66 bits per heavy atom. The van der Waals surface area contributed by atoms with E-state index >= 15 is 0 Å². The Morgan fingerprint density at radius 3 is 2.38 bits per heavy atom. The molecule has 29 heavy (non-hydrogen) atoms. The number of amides is 1. The van der Waals surface area contributed by atoms with Gasteiger partial charge in [0, 0.05) is 38.3 Å². The van der Waals surface area contributed by atoms with Crippen molar-refractivity contribution in [3.63, 3.8) is 0 Å². The summed E-state index contributed by atoms with van der Waals surface area (Å²) < 4.78 is 11.3. The molecule has 3 aromatic rings. The first-order valence-electron chi connectivity index (χ1n) is 9.53. The van der Waals surface area contributed by atoms with Crippen molar-refractivity contribution in [2.75, 3.05) is 39.3 Å². The molecular formula is C23H24N2O3S. The highest BCUT2D eigenvalue weighted by Crippen LogP contribution is 2.37. The van der Waals surface area contributed by atoms with Crippen molar-refractivity contribution in [1.82, 2.24) is 4.90 Å². The molecule has 0 aliphatic carbocycles. The maximum absolute atomic E-state index is 12.9. The Labute approximate surface area is 175 Å². The summed E-state index contributed by atoms with van der Waals surface area (Å²) in [4.78, 5) is 18.5. The second-order valence-corrected chi connectivity index (χ2v) is 8.33. The summed E-state index contributed by atoms with van der Waals surface area (Å²) in [5.74, 6) is 1.55. The molecule has 0 fully saturated rings. The molecule has 150 valence electrons. The van der Waals surface area contributed by atoms with Crippen molar-refractivity contribution in [2.24, 2.45) is 0 Å². The number of nitrogens with zero attached hydrogens (tertiary/aromatic N) is 2. The van der Waals surface area contributed by atoms with E-state index in [1.165, 1.54) is 11.3 Å². The molecule has 0 atom stereocenters. The van der Waals surface area contributed by atoms with Crippen LogP contribution in [0.25, 0.3) is 10.4 Å². The van der Waals surface area contributed by atoms with Crippen LogP contribution in [0.1, 0.15) is 15.2 Å². The van der Waals surface area contributed by atoms with Crippen LogP contribution in [-0.4, -0.2) is 45.2 Å². The Bertz CT molecular complexity index is 1010. The first kappa shape index (κ1) is 19.3. The molecule has 0 saturated heterocycles. The van der Waals surface area contributed by atoms with E-state index in [2.05, 4.69) is 29.2 Å². The predicted octanol–water partition coefficient (Wildman–Crippen LogP) is 4.52. The number of carbonyl (C=O) groups is 1. The Kier molecular flexibility index (Phi) is 5.45. The maximum Gasteiger partial charge on any atom is 0.263 e. The van der Waals surface area contributed by atoms with Gasteiger partial charge in [-0.3, -0.25) is 4.79 Å². The lowest BCUT2D eigenvalue weighted by molar-refractivity contribution is 0.0790. The van der Waals surface area contributed by atoms with Gasteiger partial charge in [-0.05, 0) is 53.6 Å². The Hall–Kier alpha value is -2.99. The van der Waals surface area contributed by atoms with Crippen molar-refractivity contribution >= 4 is 22.9 Å². The number of hydrogen-bond acceptors (Lipinski definition) is 5. The van der Waals surface area contributed by atoms with Gasteiger partial charge in [0.25, 0.3) is 5.91 Å². The monoisotopic (exact) mass is 408 g/mol. The zero-order chi connectivity index (χ0) is 20.4. The zero-order valence-corrected chi connectivity index (χ0v) is 17.7. The number of fused-ring (bicyclic) bond motifs is 1. The maximum atomic E-state index is 12.9. The molecule has 1 aliphatic heterocycles. The van der Waals surface area contributed by atoms with Crippen LogP contribution in [0, 0.1) is 0 Å². The summed E-state index contributed by atoms with van der Waals surface area (Å²) in [5.41, 5.74) is 3.28. The molecule has 5 nitrogen and oxygen atoms in total. The summed E-state index contributed by atoms with van der Waals surface area (Å²) in [6.07, 6.45) is 0. The number of benzene rings is 2. The lowest BCUT2D eigenvalue weighted by Gasteiger charge is -2.18. The fraction of sp³-hybridized carbons (Fsp3) is 0.261. The van der Waals surface area contributed by atoms with Crippen molar-refractivity contribution in [3.8, 4) is 21.9 Å². The van der Waals surface area contributed by atoms with Gasteiger partial charge in [0.2, 0.25) is 0 Å². The normalized spacial score (nSPS) is 12.5. The minimum absolute atomic E-state index is 0.0236. The van der Waals surface area contributed by atoms with Gasteiger partial charge in [-0.25, -0.2) is 0 Å². The van der Waals surface area contributed by atoms with Crippen LogP contribution >= 0.6 is 11.3 Å². The fourth-order valence-electron chi connectivity index (χ4n) is 3.24. The summed E-state index contributed by atoms with van der Waals surface area (Å²) in [7, 11) is 5.87. The van der Waals surface area contributed by atoms with Gasteiger partial charge in [-0.2, -0.15) is 0 Å². The number of thiophene rings is 1. The highest BCUT2D eigenvalue weighted by molar-refractivity contribution is 7.17. The lowest BCUT2D eigenvalue weighted by atomic mass is 10.1. The predicted molar refractivity (Wildman–Crippen MR) is 117 cm³/mol. The SMILES string of the molecule is CN(Cc1ccc(N(C)C)cc1)C(=O)c1ccc(-c2ccc3c(c2)OCCO3)s1. The highest BCUT2D eigenvalue weighted by atomic mass is 32.1. The van der Waals surface area contributed by atoms with Crippen LogP contribution in [0.5, 0.6) is 11.5 Å². The standard InChI is InChI=1S/C23H24N2O3S/c1-24(2)18-7-4-16(5-8-18)15-25(3)23(26)22-11-10-21(29-22)17-6-9-19-20(14-17)28-13-12-27-19/h4-11,14H,12-13,15H2,1-3H3. The van der Waals surface area contributed by atoms with Gasteiger partial charge < -0.3 is 19.3 Å². The molecule has 0 unspecified atom stereocenters. The number of anilines is 1. The van der Waals surface area contributed by atoms with E-state index in [0.717, 1.165) is 38.1 Å². The zero-order valence-electron chi connectivity index (χ0n) is 16.8. The van der Waals surface area contributed by atoms with E-state index in [4.69, 9.17) is 9.47 Å². The van der Waals surface area contributed by atoms with Gasteiger partial charge in [-0.1, -0.05) is 12.1 Å². The molecule has 0 saturated carbocycles. The number of rotatable bonds is 5. The van der Waals surface area contributed by atoms with Crippen LogP contribution in [0.3, 0.4) is 0 Å². The van der Waals surface area contributed by atoms with E-state index in [-0.39, 0.29) is 5.91 Å². The first-order valence-corrected chi connectivity index (χ1v) is 10.3. The van der Waals surface area contributed by atoms with Crippen LogP contribution in [-0.2, 0) is 6.54 Å². The molecule has 6 heteroatoms. The van der Waals surface area contributed by atoms with Crippen molar-refractivity contribution < 1.29 is 14.3 Å². The fourth-order valence-corrected chi connectivity index (χ4v) is 4.23. The van der Waals surface area contributed by atoms with E-state index < -0.39 is 0 Å². The topological polar surface area (TPSA) is 42.0 Å². The summed E-state index contributed by atoms with van der Waals surface area (Å²) in [5, 5.41) is 0. The molecule has 2 aromatic carbocycles. The molecule has 2 heterocycles. The average Bonchev–Trinajstić information content (AvgIpc) is 3.23. The van der Waals surface area contributed by atoms with Gasteiger partial charge >= 0.3 is 0 Å². The number of hydrogen-bond donors (Lipinski definition) is 0. The Balaban J connectivity index is 1.46. The molecule has 0 radical (unpaired) electrons. The van der Waals surface area contributed by atoms with E-state index in [9.17, 15) is 4.79 Å². The quantitative estimate of drug-likeness (QED) is 0.622. The molecule has 4 rings (SSSR count). The number of ether oxygens (including phenoxy) is 2. The van der Waals surface area contributed by atoms with Crippen LogP contribution in [0.15, 0.2) is 54.6 Å². The van der Waals surface area contributed by atoms with Gasteiger partial charge in [0.1, 0.15) is 13.2 Å². The molecular weight excluding hydrogens is 384 g/mol. The summed E-state index contributed by atoms with van der Waals surface area (Å²) >= 11 is 1.50. The van der Waals surface area contributed by atoms with Crippen LogP contribution < -0.4 is 14.4 Å². The average molecular weight is 409 g/mol. The minimum atomic E-state index is 0.0236. The molecule has 1 aliphatic rings. The molecule has 1 aromatic heterocycles. The third-order valence-electron chi connectivity index (χ3n) is 4.86. The van der Waals surface area contributed by atoms with Gasteiger partial charge in [-0.15, -0.1) is 11.3 Å². The van der Waals surface area contributed by atoms with Crippen LogP contribution in [0.4, 0.5) is 5.69 Å². The number of carbonyl (C=O) groups excluding carboxylic acids is 1. The van der Waals surface area contributed by atoms with E-state index in [0.29, 0.717) is 19.8 Å². The van der Waals surface area contributed by atoms with Crippen molar-refractivity contribution in [1.29, 1.82) is 0 Å². The third kappa shape index (κ3) is 4.22. The largest absolute Gasteiger partial charge is 0.486 e. The van der Waals surface area contributed by atoms with E-state index in [1.807, 2.05) is 51.5 Å². The summed E-state index contributed by atoms with van der Waals surface area (Å²) in [6.45, 7) is 1.71. The highest BCUT2D eigenvalue weighted by Gasteiger charge is 2.17. The van der Waals surface area contributed by atoms with Gasteiger partial charge in [0.05, 0.1) is 4.88 Å².